The Morgan fingerprint density at radius 2 is 2.05 bits per heavy atom. The first-order valence-corrected chi connectivity index (χ1v) is 5.90. The average Bonchev–Trinajstić information content (AvgIpc) is 2.36. The van der Waals surface area contributed by atoms with E-state index in [0.29, 0.717) is 0 Å². The Balaban J connectivity index is 2.78. The van der Waals surface area contributed by atoms with Crippen molar-refractivity contribution in [3.05, 3.63) is 54.1 Å². The fourth-order valence-corrected chi connectivity index (χ4v) is 1.59. The fraction of sp³-hybridized carbons (Fsp3) is 0.200. The number of rotatable bonds is 6. The molecule has 0 bridgehead atoms. The SMILES string of the molecule is C=CCN(CC(=O)O)C(=O)C=Cc1ccccc1C. The van der Waals surface area contributed by atoms with E-state index >= 15 is 0 Å². The van der Waals surface area contributed by atoms with Crippen molar-refractivity contribution in [2.24, 2.45) is 0 Å². The number of nitrogens with zero attached hydrogens (tertiary/aromatic N) is 1. The van der Waals surface area contributed by atoms with Crippen LogP contribution in [-0.2, 0) is 9.59 Å². The van der Waals surface area contributed by atoms with Crippen LogP contribution in [0, 0.1) is 6.92 Å². The van der Waals surface area contributed by atoms with Gasteiger partial charge in [0.25, 0.3) is 0 Å². The van der Waals surface area contributed by atoms with Crippen LogP contribution in [0.15, 0.2) is 43.0 Å². The predicted octanol–water partition coefficient (Wildman–Crippen LogP) is 2.11. The lowest BCUT2D eigenvalue weighted by molar-refractivity contribution is -0.142. The van der Waals surface area contributed by atoms with Crippen molar-refractivity contribution in [2.75, 3.05) is 13.1 Å². The molecule has 0 spiro atoms. The van der Waals surface area contributed by atoms with Gasteiger partial charge in [0.05, 0.1) is 0 Å². The lowest BCUT2D eigenvalue weighted by Gasteiger charge is -2.16. The molecule has 0 aromatic heterocycles. The van der Waals surface area contributed by atoms with Gasteiger partial charge in [-0.25, -0.2) is 0 Å². The smallest absolute Gasteiger partial charge is 0.323 e. The third kappa shape index (κ3) is 4.79. The van der Waals surface area contributed by atoms with E-state index < -0.39 is 5.97 Å². The second-order valence-electron chi connectivity index (χ2n) is 4.09. The highest BCUT2D eigenvalue weighted by molar-refractivity contribution is 5.93. The summed E-state index contributed by atoms with van der Waals surface area (Å²) < 4.78 is 0. The van der Waals surface area contributed by atoms with Gasteiger partial charge in [0.2, 0.25) is 5.91 Å². The van der Waals surface area contributed by atoms with Crippen LogP contribution in [0.2, 0.25) is 0 Å². The Morgan fingerprint density at radius 1 is 1.37 bits per heavy atom. The van der Waals surface area contributed by atoms with E-state index in [-0.39, 0.29) is 19.0 Å². The summed E-state index contributed by atoms with van der Waals surface area (Å²) in [6.07, 6.45) is 4.58. The summed E-state index contributed by atoms with van der Waals surface area (Å²) in [7, 11) is 0. The van der Waals surface area contributed by atoms with E-state index in [9.17, 15) is 9.59 Å². The van der Waals surface area contributed by atoms with Crippen molar-refractivity contribution in [1.82, 2.24) is 4.90 Å². The van der Waals surface area contributed by atoms with E-state index in [4.69, 9.17) is 5.11 Å². The minimum absolute atomic E-state index is 0.212. The third-order valence-electron chi connectivity index (χ3n) is 2.58. The molecule has 0 unspecified atom stereocenters. The van der Waals surface area contributed by atoms with Gasteiger partial charge in [0.15, 0.2) is 0 Å². The number of carboxylic acids is 1. The number of carbonyl (C=O) groups is 2. The standard InChI is InChI=1S/C15H17NO3/c1-3-10-16(11-15(18)19)14(17)9-8-13-7-5-4-6-12(13)2/h3-9H,1,10-11H2,2H3,(H,18,19). The molecule has 0 aliphatic rings. The molecule has 1 aromatic carbocycles. The molecule has 1 aromatic rings. The number of hydrogen-bond donors (Lipinski definition) is 1. The van der Waals surface area contributed by atoms with E-state index in [1.807, 2.05) is 31.2 Å². The Bertz CT molecular complexity index is 506. The largest absolute Gasteiger partial charge is 0.480 e. The van der Waals surface area contributed by atoms with Gasteiger partial charge in [-0.3, -0.25) is 9.59 Å². The van der Waals surface area contributed by atoms with Gasteiger partial charge in [0.1, 0.15) is 6.54 Å². The zero-order chi connectivity index (χ0) is 14.3. The normalized spacial score (nSPS) is 10.4. The molecule has 4 nitrogen and oxygen atoms in total. The quantitative estimate of drug-likeness (QED) is 0.628. The summed E-state index contributed by atoms with van der Waals surface area (Å²) in [4.78, 5) is 23.8. The van der Waals surface area contributed by atoms with Gasteiger partial charge in [-0.2, -0.15) is 0 Å². The van der Waals surface area contributed by atoms with Crippen LogP contribution >= 0.6 is 0 Å². The first-order valence-electron chi connectivity index (χ1n) is 5.90. The number of amides is 1. The molecule has 100 valence electrons. The number of aryl methyl sites for hydroxylation is 1. The third-order valence-corrected chi connectivity index (χ3v) is 2.58. The second kappa shape index (κ2) is 7.16. The molecule has 0 fully saturated rings. The lowest BCUT2D eigenvalue weighted by Crippen LogP contribution is -2.34. The lowest BCUT2D eigenvalue weighted by atomic mass is 10.1. The average molecular weight is 259 g/mol. The molecular formula is C15H17NO3. The molecule has 1 N–H and O–H groups in total. The number of aliphatic carboxylic acids is 1. The van der Waals surface area contributed by atoms with Gasteiger partial charge in [0, 0.05) is 12.6 Å². The molecule has 1 amide bonds. The minimum atomic E-state index is -1.04. The molecule has 4 heteroatoms. The van der Waals surface area contributed by atoms with Crippen LogP contribution in [0.1, 0.15) is 11.1 Å². The van der Waals surface area contributed by atoms with Crippen LogP contribution in [0.4, 0.5) is 0 Å². The monoisotopic (exact) mass is 259 g/mol. The number of benzene rings is 1. The summed E-state index contributed by atoms with van der Waals surface area (Å²) in [5.41, 5.74) is 1.99. The molecule has 19 heavy (non-hydrogen) atoms. The van der Waals surface area contributed by atoms with Crippen molar-refractivity contribution in [3.8, 4) is 0 Å². The molecule has 0 atom stereocenters. The highest BCUT2D eigenvalue weighted by Crippen LogP contribution is 2.09. The van der Waals surface area contributed by atoms with Gasteiger partial charge in [-0.15, -0.1) is 6.58 Å². The Hall–Kier alpha value is -2.36. The van der Waals surface area contributed by atoms with Crippen LogP contribution in [0.5, 0.6) is 0 Å². The van der Waals surface area contributed by atoms with E-state index in [0.717, 1.165) is 11.1 Å². The topological polar surface area (TPSA) is 57.6 Å². The van der Waals surface area contributed by atoms with Crippen molar-refractivity contribution in [2.45, 2.75) is 6.92 Å². The van der Waals surface area contributed by atoms with Crippen molar-refractivity contribution >= 4 is 18.0 Å². The van der Waals surface area contributed by atoms with Crippen molar-refractivity contribution in [1.29, 1.82) is 0 Å². The molecule has 0 heterocycles. The maximum Gasteiger partial charge on any atom is 0.323 e. The highest BCUT2D eigenvalue weighted by Gasteiger charge is 2.12. The maximum absolute atomic E-state index is 11.9. The Kier molecular flexibility index (Phi) is 5.54. The molecule has 0 saturated carbocycles. The summed E-state index contributed by atoms with van der Waals surface area (Å²) >= 11 is 0. The van der Waals surface area contributed by atoms with Crippen LogP contribution < -0.4 is 0 Å². The fourth-order valence-electron chi connectivity index (χ4n) is 1.59. The van der Waals surface area contributed by atoms with E-state index in [1.54, 1.807) is 6.08 Å². The number of carbonyl (C=O) groups excluding carboxylic acids is 1. The summed E-state index contributed by atoms with van der Waals surface area (Å²) in [6.45, 7) is 5.34. The molecule has 0 aliphatic carbocycles. The molecule has 0 radical (unpaired) electrons. The van der Waals surface area contributed by atoms with Gasteiger partial charge in [-0.1, -0.05) is 30.3 Å². The van der Waals surface area contributed by atoms with E-state index in [1.165, 1.54) is 17.1 Å². The molecule has 0 saturated heterocycles. The summed E-state index contributed by atoms with van der Waals surface area (Å²) in [5.74, 6) is -1.38. The number of carboxylic acid groups (broad SMARTS) is 1. The zero-order valence-electron chi connectivity index (χ0n) is 10.9. The van der Waals surface area contributed by atoms with Crippen molar-refractivity contribution < 1.29 is 14.7 Å². The first-order chi connectivity index (χ1) is 9.04. The van der Waals surface area contributed by atoms with Crippen molar-refractivity contribution in [3.63, 3.8) is 0 Å². The van der Waals surface area contributed by atoms with Crippen LogP contribution in [0.3, 0.4) is 0 Å². The Labute approximate surface area is 112 Å². The zero-order valence-corrected chi connectivity index (χ0v) is 10.9. The summed E-state index contributed by atoms with van der Waals surface area (Å²) in [6, 6.07) is 7.65. The molecular weight excluding hydrogens is 242 g/mol. The predicted molar refractivity (Wildman–Crippen MR) is 74.6 cm³/mol. The molecule has 0 aliphatic heterocycles. The van der Waals surface area contributed by atoms with E-state index in [2.05, 4.69) is 6.58 Å². The maximum atomic E-state index is 11.9. The van der Waals surface area contributed by atoms with Gasteiger partial charge < -0.3 is 10.0 Å². The van der Waals surface area contributed by atoms with Gasteiger partial charge in [-0.05, 0) is 24.1 Å². The molecule has 1 rings (SSSR count). The number of hydrogen-bond acceptors (Lipinski definition) is 2. The minimum Gasteiger partial charge on any atom is -0.480 e. The second-order valence-corrected chi connectivity index (χ2v) is 4.09. The van der Waals surface area contributed by atoms with Gasteiger partial charge >= 0.3 is 5.97 Å². The van der Waals surface area contributed by atoms with Crippen LogP contribution in [0.25, 0.3) is 6.08 Å². The van der Waals surface area contributed by atoms with Crippen LogP contribution in [-0.4, -0.2) is 35.0 Å². The first kappa shape index (κ1) is 14.7. The Morgan fingerprint density at radius 3 is 2.63 bits per heavy atom. The highest BCUT2D eigenvalue weighted by atomic mass is 16.4. The summed E-state index contributed by atoms with van der Waals surface area (Å²) in [5, 5.41) is 8.74.